The van der Waals surface area contributed by atoms with Crippen LogP contribution in [0.1, 0.15) is 5.56 Å². The van der Waals surface area contributed by atoms with Gasteiger partial charge >= 0.3 is 0 Å². The topological polar surface area (TPSA) is 12.0 Å². The lowest BCUT2D eigenvalue weighted by atomic mass is 10.1. The van der Waals surface area contributed by atoms with Crippen molar-refractivity contribution in [2.24, 2.45) is 0 Å². The molecule has 2 aromatic rings. The number of alkyl halides is 2. The van der Waals surface area contributed by atoms with Crippen molar-refractivity contribution in [3.8, 4) is 0 Å². The maximum absolute atomic E-state index is 13.9. The smallest absolute Gasteiger partial charge is 0.290 e. The van der Waals surface area contributed by atoms with Crippen LogP contribution < -0.4 is 5.32 Å². The Bertz CT molecular complexity index is 561. The molecule has 19 heavy (non-hydrogen) atoms. The Morgan fingerprint density at radius 3 is 2.42 bits per heavy atom. The second-order valence-corrected chi connectivity index (χ2v) is 5.37. The van der Waals surface area contributed by atoms with Crippen molar-refractivity contribution in [3.63, 3.8) is 0 Å². The van der Waals surface area contributed by atoms with Crippen molar-refractivity contribution in [2.75, 3.05) is 11.9 Å². The number of benzene rings is 2. The van der Waals surface area contributed by atoms with Gasteiger partial charge in [0.05, 0.1) is 17.3 Å². The zero-order valence-electron chi connectivity index (χ0n) is 9.84. The first-order valence-corrected chi connectivity index (χ1v) is 6.78. The predicted octanol–water partition coefficient (Wildman–Crippen LogP) is 5.31. The summed E-state index contributed by atoms with van der Waals surface area (Å²) in [5, 5.41) is 3.08. The normalized spacial score (nSPS) is 11.4. The molecule has 2 aromatic carbocycles. The molecule has 0 radical (unpaired) electrons. The Kier molecular flexibility index (Phi) is 4.42. The second-order valence-electron chi connectivity index (χ2n) is 4.05. The molecule has 0 atom stereocenters. The number of hydrogen-bond acceptors (Lipinski definition) is 1. The van der Waals surface area contributed by atoms with Gasteiger partial charge in [0.2, 0.25) is 0 Å². The van der Waals surface area contributed by atoms with Crippen LogP contribution in [0.15, 0.2) is 53.0 Å². The van der Waals surface area contributed by atoms with E-state index in [1.54, 1.807) is 36.4 Å². The van der Waals surface area contributed by atoms with E-state index in [4.69, 9.17) is 11.6 Å². The van der Waals surface area contributed by atoms with Gasteiger partial charge in [0.1, 0.15) is 0 Å². The molecule has 0 saturated carbocycles. The summed E-state index contributed by atoms with van der Waals surface area (Å²) in [6.07, 6.45) is 0. The first-order valence-electron chi connectivity index (χ1n) is 5.61. The number of hydrogen-bond donors (Lipinski definition) is 1. The molecule has 0 bridgehead atoms. The molecule has 0 amide bonds. The van der Waals surface area contributed by atoms with Gasteiger partial charge in [0.25, 0.3) is 5.92 Å². The lowest BCUT2D eigenvalue weighted by Crippen LogP contribution is -2.24. The standard InChI is InChI=1S/C14H11BrClF2N/c15-11-6-7-13(12(16)8-11)19-9-14(17,18)10-4-2-1-3-5-10/h1-8,19H,9H2. The van der Waals surface area contributed by atoms with Gasteiger partial charge in [-0.25, -0.2) is 0 Å². The third-order valence-electron chi connectivity index (χ3n) is 2.63. The maximum atomic E-state index is 13.9. The summed E-state index contributed by atoms with van der Waals surface area (Å²) in [5.41, 5.74) is 0.469. The van der Waals surface area contributed by atoms with Gasteiger partial charge in [-0.15, -0.1) is 0 Å². The Morgan fingerprint density at radius 2 is 1.79 bits per heavy atom. The Labute approximate surface area is 123 Å². The van der Waals surface area contributed by atoms with E-state index in [2.05, 4.69) is 21.2 Å². The van der Waals surface area contributed by atoms with Crippen molar-refractivity contribution >= 4 is 33.2 Å². The molecule has 0 saturated heterocycles. The third-order valence-corrected chi connectivity index (χ3v) is 3.43. The molecule has 0 aliphatic carbocycles. The highest BCUT2D eigenvalue weighted by atomic mass is 79.9. The van der Waals surface area contributed by atoms with Gasteiger partial charge < -0.3 is 5.32 Å². The summed E-state index contributed by atoms with van der Waals surface area (Å²) in [6, 6.07) is 12.8. The van der Waals surface area contributed by atoms with E-state index in [1.165, 1.54) is 12.1 Å². The van der Waals surface area contributed by atoms with E-state index in [0.29, 0.717) is 10.7 Å². The minimum Gasteiger partial charge on any atom is -0.377 e. The van der Waals surface area contributed by atoms with Crippen LogP contribution >= 0.6 is 27.5 Å². The molecule has 0 spiro atoms. The first kappa shape index (κ1) is 14.3. The molecule has 1 nitrogen and oxygen atoms in total. The highest BCUT2D eigenvalue weighted by molar-refractivity contribution is 9.10. The molecule has 0 aromatic heterocycles. The number of nitrogens with one attached hydrogen (secondary N) is 1. The quantitative estimate of drug-likeness (QED) is 0.791. The molecule has 0 aliphatic rings. The number of halogens is 4. The van der Waals surface area contributed by atoms with Crippen LogP contribution in [-0.2, 0) is 5.92 Å². The SMILES string of the molecule is FC(F)(CNc1ccc(Br)cc1Cl)c1ccccc1. The van der Waals surface area contributed by atoms with Gasteiger partial charge in [0, 0.05) is 10.0 Å². The van der Waals surface area contributed by atoms with Gasteiger partial charge in [0.15, 0.2) is 0 Å². The van der Waals surface area contributed by atoms with Crippen molar-refractivity contribution in [3.05, 3.63) is 63.6 Å². The number of rotatable bonds is 4. The van der Waals surface area contributed by atoms with E-state index >= 15 is 0 Å². The van der Waals surface area contributed by atoms with Crippen LogP contribution in [0.5, 0.6) is 0 Å². The van der Waals surface area contributed by atoms with Crippen LogP contribution in [-0.4, -0.2) is 6.54 Å². The highest BCUT2D eigenvalue weighted by Crippen LogP contribution is 2.30. The molecule has 0 unspecified atom stereocenters. The van der Waals surface area contributed by atoms with E-state index in [9.17, 15) is 8.78 Å². The zero-order valence-corrected chi connectivity index (χ0v) is 12.2. The summed E-state index contributed by atoms with van der Waals surface area (Å²) in [7, 11) is 0. The Hall–Kier alpha value is -1.13. The van der Waals surface area contributed by atoms with Crippen LogP contribution in [0.25, 0.3) is 0 Å². The average molecular weight is 347 g/mol. The van der Waals surface area contributed by atoms with Crippen LogP contribution in [0.3, 0.4) is 0 Å². The van der Waals surface area contributed by atoms with E-state index in [0.717, 1.165) is 4.47 Å². The van der Waals surface area contributed by atoms with E-state index < -0.39 is 12.5 Å². The summed E-state index contributed by atoms with van der Waals surface area (Å²) < 4.78 is 28.7. The zero-order chi connectivity index (χ0) is 13.9. The molecular formula is C14H11BrClF2N. The summed E-state index contributed by atoms with van der Waals surface area (Å²) >= 11 is 9.23. The van der Waals surface area contributed by atoms with E-state index in [-0.39, 0.29) is 5.56 Å². The van der Waals surface area contributed by atoms with Crippen LogP contribution in [0.4, 0.5) is 14.5 Å². The average Bonchev–Trinajstić information content (AvgIpc) is 2.39. The van der Waals surface area contributed by atoms with Crippen LogP contribution in [0.2, 0.25) is 5.02 Å². The molecule has 5 heteroatoms. The van der Waals surface area contributed by atoms with Crippen molar-refractivity contribution < 1.29 is 8.78 Å². The minimum atomic E-state index is -2.95. The molecule has 100 valence electrons. The van der Waals surface area contributed by atoms with Crippen molar-refractivity contribution in [1.29, 1.82) is 0 Å². The lowest BCUT2D eigenvalue weighted by Gasteiger charge is -2.18. The summed E-state index contributed by atoms with van der Waals surface area (Å²) in [5.74, 6) is -2.95. The summed E-state index contributed by atoms with van der Waals surface area (Å²) in [4.78, 5) is 0. The van der Waals surface area contributed by atoms with E-state index in [1.807, 2.05) is 0 Å². The third kappa shape index (κ3) is 3.67. The van der Waals surface area contributed by atoms with Gasteiger partial charge in [-0.3, -0.25) is 0 Å². The highest BCUT2D eigenvalue weighted by Gasteiger charge is 2.31. The van der Waals surface area contributed by atoms with Crippen molar-refractivity contribution in [1.82, 2.24) is 0 Å². The van der Waals surface area contributed by atoms with Gasteiger partial charge in [-0.05, 0) is 18.2 Å². The Balaban J connectivity index is 2.09. The molecule has 2 rings (SSSR count). The lowest BCUT2D eigenvalue weighted by molar-refractivity contribution is 0.0106. The number of anilines is 1. The molecule has 0 aliphatic heterocycles. The summed E-state index contributed by atoms with van der Waals surface area (Å²) in [6.45, 7) is -0.502. The van der Waals surface area contributed by atoms with Gasteiger partial charge in [-0.2, -0.15) is 8.78 Å². The second kappa shape index (κ2) is 5.88. The fourth-order valence-corrected chi connectivity index (χ4v) is 2.36. The molecule has 0 fully saturated rings. The molecule has 1 N–H and O–H groups in total. The minimum absolute atomic E-state index is 0.0178. The fraction of sp³-hybridized carbons (Fsp3) is 0.143. The maximum Gasteiger partial charge on any atom is 0.290 e. The molecular weight excluding hydrogens is 336 g/mol. The van der Waals surface area contributed by atoms with Gasteiger partial charge in [-0.1, -0.05) is 57.9 Å². The molecule has 0 heterocycles. The monoisotopic (exact) mass is 345 g/mol. The largest absolute Gasteiger partial charge is 0.377 e. The predicted molar refractivity (Wildman–Crippen MR) is 78.0 cm³/mol. The van der Waals surface area contributed by atoms with Crippen LogP contribution in [0, 0.1) is 0 Å². The Morgan fingerprint density at radius 1 is 1.11 bits per heavy atom. The van der Waals surface area contributed by atoms with Crippen molar-refractivity contribution in [2.45, 2.75) is 5.92 Å². The first-order chi connectivity index (χ1) is 8.99. The fourth-order valence-electron chi connectivity index (χ4n) is 1.62.